The molecule has 1 atom stereocenters. The van der Waals surface area contributed by atoms with E-state index in [0.29, 0.717) is 11.7 Å². The van der Waals surface area contributed by atoms with Crippen LogP contribution in [0, 0.1) is 10.1 Å². The SMILES string of the molecule is CCC1CCCCCN1Cc1cccc([N+](=O)[O-])c1NC. The number of para-hydroxylation sites is 1. The molecule has 1 aromatic carbocycles. The summed E-state index contributed by atoms with van der Waals surface area (Å²) in [7, 11) is 1.76. The van der Waals surface area contributed by atoms with Gasteiger partial charge in [-0.2, -0.15) is 0 Å². The van der Waals surface area contributed by atoms with Gasteiger partial charge in [0.2, 0.25) is 0 Å². The molecule has 5 nitrogen and oxygen atoms in total. The summed E-state index contributed by atoms with van der Waals surface area (Å²) in [4.78, 5) is 13.3. The van der Waals surface area contributed by atoms with Crippen LogP contribution in [0.25, 0.3) is 0 Å². The van der Waals surface area contributed by atoms with E-state index in [1.807, 2.05) is 6.07 Å². The zero-order valence-corrected chi connectivity index (χ0v) is 13.0. The number of nitrogens with one attached hydrogen (secondary N) is 1. The Hall–Kier alpha value is -1.62. The van der Waals surface area contributed by atoms with Crippen LogP contribution in [0.15, 0.2) is 18.2 Å². The molecule has 1 aliphatic heterocycles. The first-order valence-electron chi connectivity index (χ1n) is 7.85. The lowest BCUT2D eigenvalue weighted by Gasteiger charge is -2.29. The topological polar surface area (TPSA) is 58.4 Å². The average Bonchev–Trinajstić information content (AvgIpc) is 2.71. The number of anilines is 1. The fourth-order valence-electron chi connectivity index (χ4n) is 3.29. The quantitative estimate of drug-likeness (QED) is 0.662. The molecule has 0 spiro atoms. The van der Waals surface area contributed by atoms with Gasteiger partial charge in [0.25, 0.3) is 5.69 Å². The van der Waals surface area contributed by atoms with Crippen molar-refractivity contribution in [2.24, 2.45) is 0 Å². The molecule has 0 amide bonds. The Bertz CT molecular complexity index is 490. The minimum absolute atomic E-state index is 0.165. The van der Waals surface area contributed by atoms with Crippen molar-refractivity contribution in [2.75, 3.05) is 18.9 Å². The van der Waals surface area contributed by atoms with E-state index in [0.717, 1.165) is 25.1 Å². The van der Waals surface area contributed by atoms with Gasteiger partial charge in [-0.3, -0.25) is 15.0 Å². The first-order valence-corrected chi connectivity index (χ1v) is 7.85. The Kier molecular flexibility index (Phi) is 5.56. The van der Waals surface area contributed by atoms with Crippen LogP contribution in [0.4, 0.5) is 11.4 Å². The van der Waals surface area contributed by atoms with Gasteiger partial charge in [0.05, 0.1) is 4.92 Å². The molecule has 0 radical (unpaired) electrons. The first-order chi connectivity index (χ1) is 10.2. The Morgan fingerprint density at radius 3 is 2.86 bits per heavy atom. The van der Waals surface area contributed by atoms with E-state index in [2.05, 4.69) is 17.1 Å². The van der Waals surface area contributed by atoms with Crippen molar-refractivity contribution < 1.29 is 4.92 Å². The van der Waals surface area contributed by atoms with E-state index in [1.54, 1.807) is 19.2 Å². The highest BCUT2D eigenvalue weighted by Crippen LogP contribution is 2.30. The maximum Gasteiger partial charge on any atom is 0.292 e. The van der Waals surface area contributed by atoms with Gasteiger partial charge >= 0.3 is 0 Å². The van der Waals surface area contributed by atoms with Gasteiger partial charge in [-0.1, -0.05) is 31.9 Å². The van der Waals surface area contributed by atoms with E-state index < -0.39 is 0 Å². The van der Waals surface area contributed by atoms with E-state index in [4.69, 9.17) is 0 Å². The largest absolute Gasteiger partial charge is 0.382 e. The van der Waals surface area contributed by atoms with Crippen molar-refractivity contribution in [3.63, 3.8) is 0 Å². The van der Waals surface area contributed by atoms with E-state index in [-0.39, 0.29) is 10.6 Å². The van der Waals surface area contributed by atoms with Crippen molar-refractivity contribution in [1.29, 1.82) is 0 Å². The molecule has 1 aromatic rings. The molecule has 0 aromatic heterocycles. The van der Waals surface area contributed by atoms with E-state index in [9.17, 15) is 10.1 Å². The second-order valence-corrected chi connectivity index (χ2v) is 5.70. The van der Waals surface area contributed by atoms with Crippen LogP contribution >= 0.6 is 0 Å². The second-order valence-electron chi connectivity index (χ2n) is 5.70. The molecular weight excluding hydrogens is 266 g/mol. The molecule has 5 heteroatoms. The van der Waals surface area contributed by atoms with Gasteiger partial charge in [0.15, 0.2) is 0 Å². The van der Waals surface area contributed by atoms with Crippen molar-refractivity contribution in [1.82, 2.24) is 4.90 Å². The first kappa shape index (κ1) is 15.8. The molecule has 1 fully saturated rings. The van der Waals surface area contributed by atoms with Crippen LogP contribution in [0.3, 0.4) is 0 Å². The van der Waals surface area contributed by atoms with Gasteiger partial charge in [0, 0.05) is 25.7 Å². The molecule has 0 aliphatic carbocycles. The van der Waals surface area contributed by atoms with Crippen molar-refractivity contribution in [2.45, 2.75) is 51.6 Å². The van der Waals surface area contributed by atoms with Gasteiger partial charge in [-0.05, 0) is 31.4 Å². The summed E-state index contributed by atoms with van der Waals surface area (Å²) in [6.45, 7) is 4.11. The smallest absolute Gasteiger partial charge is 0.292 e. The summed E-state index contributed by atoms with van der Waals surface area (Å²) >= 11 is 0. The number of nitrogens with zero attached hydrogens (tertiary/aromatic N) is 2. The lowest BCUT2D eigenvalue weighted by atomic mass is 10.1. The maximum absolute atomic E-state index is 11.2. The van der Waals surface area contributed by atoms with Crippen LogP contribution in [0.2, 0.25) is 0 Å². The minimum atomic E-state index is -0.310. The third-order valence-corrected chi connectivity index (χ3v) is 4.42. The standard InChI is InChI=1S/C16H25N3O2/c1-3-14-9-5-4-6-11-18(14)12-13-8-7-10-15(19(20)21)16(13)17-2/h7-8,10,14,17H,3-6,9,11-12H2,1-2H3. The normalized spacial score (nSPS) is 20.0. The van der Waals surface area contributed by atoms with E-state index in [1.165, 1.54) is 25.7 Å². The maximum atomic E-state index is 11.2. The van der Waals surface area contributed by atoms with Gasteiger partial charge in [0.1, 0.15) is 5.69 Å². The number of likely N-dealkylation sites (tertiary alicyclic amines) is 1. The molecule has 0 bridgehead atoms. The number of hydrogen-bond acceptors (Lipinski definition) is 4. The Balaban J connectivity index is 2.25. The molecule has 1 heterocycles. The molecule has 116 valence electrons. The van der Waals surface area contributed by atoms with Crippen LogP contribution in [-0.4, -0.2) is 29.5 Å². The number of nitro benzene ring substituents is 1. The number of benzene rings is 1. The summed E-state index contributed by atoms with van der Waals surface area (Å²) in [6, 6.07) is 5.94. The second kappa shape index (κ2) is 7.41. The summed E-state index contributed by atoms with van der Waals surface area (Å²) in [5.41, 5.74) is 1.84. The summed E-state index contributed by atoms with van der Waals surface area (Å²) in [6.07, 6.45) is 6.19. The van der Waals surface area contributed by atoms with Crippen molar-refractivity contribution in [3.05, 3.63) is 33.9 Å². The summed E-state index contributed by atoms with van der Waals surface area (Å²) in [5, 5.41) is 14.2. The monoisotopic (exact) mass is 291 g/mol. The Morgan fingerprint density at radius 2 is 2.19 bits per heavy atom. The number of hydrogen-bond donors (Lipinski definition) is 1. The predicted octanol–water partition coefficient (Wildman–Crippen LogP) is 3.79. The highest BCUT2D eigenvalue weighted by atomic mass is 16.6. The van der Waals surface area contributed by atoms with E-state index >= 15 is 0 Å². The van der Waals surface area contributed by atoms with Crippen molar-refractivity contribution in [3.8, 4) is 0 Å². The third kappa shape index (κ3) is 3.73. The lowest BCUT2D eigenvalue weighted by Crippen LogP contribution is -2.34. The van der Waals surface area contributed by atoms with Gasteiger partial charge in [-0.15, -0.1) is 0 Å². The zero-order chi connectivity index (χ0) is 15.2. The molecule has 0 saturated carbocycles. The molecule has 2 rings (SSSR count). The predicted molar refractivity (Wildman–Crippen MR) is 85.6 cm³/mol. The fraction of sp³-hybridized carbons (Fsp3) is 0.625. The Labute approximate surface area is 126 Å². The zero-order valence-electron chi connectivity index (χ0n) is 13.0. The van der Waals surface area contributed by atoms with Gasteiger partial charge < -0.3 is 5.32 Å². The summed E-state index contributed by atoms with van der Waals surface area (Å²) in [5.74, 6) is 0. The van der Waals surface area contributed by atoms with Gasteiger partial charge in [-0.25, -0.2) is 0 Å². The summed E-state index contributed by atoms with van der Waals surface area (Å²) < 4.78 is 0. The average molecular weight is 291 g/mol. The molecule has 1 aliphatic rings. The third-order valence-electron chi connectivity index (χ3n) is 4.42. The molecule has 1 N–H and O–H groups in total. The number of rotatable bonds is 5. The highest BCUT2D eigenvalue weighted by Gasteiger charge is 2.22. The Morgan fingerprint density at radius 1 is 1.38 bits per heavy atom. The van der Waals surface area contributed by atoms with Crippen LogP contribution in [0.1, 0.15) is 44.6 Å². The highest BCUT2D eigenvalue weighted by molar-refractivity contribution is 5.66. The molecule has 1 unspecified atom stereocenters. The van der Waals surface area contributed by atoms with Crippen LogP contribution in [0.5, 0.6) is 0 Å². The number of nitro groups is 1. The molecule has 1 saturated heterocycles. The lowest BCUT2D eigenvalue weighted by molar-refractivity contribution is -0.384. The molecular formula is C16H25N3O2. The minimum Gasteiger partial charge on any atom is -0.382 e. The van der Waals surface area contributed by atoms with Crippen LogP contribution in [-0.2, 0) is 6.54 Å². The fourth-order valence-corrected chi connectivity index (χ4v) is 3.29. The molecule has 21 heavy (non-hydrogen) atoms. The van der Waals surface area contributed by atoms with Crippen molar-refractivity contribution >= 4 is 11.4 Å². The van der Waals surface area contributed by atoms with Crippen LogP contribution < -0.4 is 5.32 Å².